The highest BCUT2D eigenvalue weighted by Gasteiger charge is 2.20. The van der Waals surface area contributed by atoms with E-state index in [9.17, 15) is 4.79 Å². The highest BCUT2D eigenvalue weighted by Crippen LogP contribution is 2.17. The number of amides is 2. The molecule has 1 saturated heterocycles. The molecule has 2 rings (SSSR count). The van der Waals surface area contributed by atoms with Gasteiger partial charge in [0.25, 0.3) is 0 Å². The van der Waals surface area contributed by atoms with Crippen LogP contribution in [0.2, 0.25) is 0 Å². The molecule has 0 aliphatic carbocycles. The second-order valence-electron chi connectivity index (χ2n) is 5.42. The van der Waals surface area contributed by atoms with Crippen LogP contribution in [0.25, 0.3) is 0 Å². The molecule has 0 bridgehead atoms. The monoisotopic (exact) mass is 262 g/mol. The summed E-state index contributed by atoms with van der Waals surface area (Å²) in [4.78, 5) is 20.2. The molecule has 1 N–H and O–H groups in total. The van der Waals surface area contributed by atoms with E-state index in [1.54, 1.807) is 6.20 Å². The molecule has 1 fully saturated rings. The average Bonchev–Trinajstić information content (AvgIpc) is 2.39. The zero-order valence-electron chi connectivity index (χ0n) is 11.9. The van der Waals surface area contributed by atoms with E-state index in [-0.39, 0.29) is 6.03 Å². The summed E-state index contributed by atoms with van der Waals surface area (Å²) < 4.78 is 0. The van der Waals surface area contributed by atoms with Crippen molar-refractivity contribution in [2.45, 2.75) is 19.8 Å². The Morgan fingerprint density at radius 2 is 2.26 bits per heavy atom. The molecule has 1 aromatic heterocycles. The van der Waals surface area contributed by atoms with E-state index < -0.39 is 0 Å². The fourth-order valence-electron chi connectivity index (χ4n) is 2.30. The predicted molar refractivity (Wildman–Crippen MR) is 77.6 cm³/mol. The lowest BCUT2D eigenvalue weighted by atomic mass is 10.0. The first-order chi connectivity index (χ1) is 9.06. The van der Waals surface area contributed by atoms with Crippen LogP contribution in [0.3, 0.4) is 0 Å². The Labute approximate surface area is 114 Å². The van der Waals surface area contributed by atoms with Gasteiger partial charge in [-0.1, -0.05) is 6.92 Å². The largest absolute Gasteiger partial charge is 0.363 e. The molecule has 1 atom stereocenters. The van der Waals surface area contributed by atoms with E-state index in [4.69, 9.17) is 0 Å². The number of urea groups is 1. The summed E-state index contributed by atoms with van der Waals surface area (Å²) in [6.07, 6.45) is 4.00. The Morgan fingerprint density at radius 1 is 1.47 bits per heavy atom. The number of rotatable bonds is 2. The third-order valence-electron chi connectivity index (χ3n) is 3.40. The quantitative estimate of drug-likeness (QED) is 0.890. The van der Waals surface area contributed by atoms with Gasteiger partial charge >= 0.3 is 6.03 Å². The molecule has 1 aromatic rings. The van der Waals surface area contributed by atoms with Crippen molar-refractivity contribution >= 4 is 17.5 Å². The molecule has 5 heteroatoms. The normalized spacial score (nSPS) is 19.1. The van der Waals surface area contributed by atoms with Crippen molar-refractivity contribution in [2.24, 2.45) is 5.92 Å². The number of carbonyl (C=O) groups is 1. The van der Waals surface area contributed by atoms with Gasteiger partial charge in [-0.05, 0) is 30.9 Å². The number of anilines is 2. The van der Waals surface area contributed by atoms with Crippen molar-refractivity contribution in [1.29, 1.82) is 0 Å². The maximum Gasteiger partial charge on any atom is 0.321 e. The lowest BCUT2D eigenvalue weighted by Gasteiger charge is -2.30. The van der Waals surface area contributed by atoms with E-state index in [0.717, 1.165) is 31.0 Å². The number of nitrogens with zero attached hydrogens (tertiary/aromatic N) is 3. The van der Waals surface area contributed by atoms with Crippen molar-refractivity contribution in [2.75, 3.05) is 37.4 Å². The van der Waals surface area contributed by atoms with E-state index in [0.29, 0.717) is 5.92 Å². The molecule has 0 saturated carbocycles. The summed E-state index contributed by atoms with van der Waals surface area (Å²) in [6.45, 7) is 3.88. The number of likely N-dealkylation sites (tertiary alicyclic amines) is 1. The first-order valence-electron chi connectivity index (χ1n) is 6.75. The molecule has 104 valence electrons. The minimum atomic E-state index is -0.0223. The number of hydrogen-bond donors (Lipinski definition) is 1. The maximum atomic E-state index is 12.1. The van der Waals surface area contributed by atoms with Crippen LogP contribution in [-0.4, -0.2) is 43.1 Å². The summed E-state index contributed by atoms with van der Waals surface area (Å²) >= 11 is 0. The van der Waals surface area contributed by atoms with Gasteiger partial charge in [0, 0.05) is 27.2 Å². The van der Waals surface area contributed by atoms with Crippen LogP contribution in [0.15, 0.2) is 18.3 Å². The Morgan fingerprint density at radius 3 is 2.84 bits per heavy atom. The average molecular weight is 262 g/mol. The zero-order valence-corrected chi connectivity index (χ0v) is 11.9. The Kier molecular flexibility index (Phi) is 4.24. The standard InChI is InChI=1S/C14H22N4O/c1-11-5-4-8-18(10-11)14(19)16-12-6-7-13(15-9-12)17(2)3/h6-7,9,11H,4-5,8,10H2,1-3H3,(H,16,19). The molecule has 0 spiro atoms. The second kappa shape index (κ2) is 5.91. The Hall–Kier alpha value is -1.78. The molecular formula is C14H22N4O. The van der Waals surface area contributed by atoms with Crippen LogP contribution >= 0.6 is 0 Å². The van der Waals surface area contributed by atoms with Gasteiger partial charge in [-0.2, -0.15) is 0 Å². The number of carbonyl (C=O) groups excluding carboxylic acids is 1. The zero-order chi connectivity index (χ0) is 13.8. The van der Waals surface area contributed by atoms with Gasteiger partial charge in [-0.15, -0.1) is 0 Å². The van der Waals surface area contributed by atoms with Gasteiger partial charge in [-0.3, -0.25) is 0 Å². The van der Waals surface area contributed by atoms with Crippen molar-refractivity contribution in [3.63, 3.8) is 0 Å². The highest BCUT2D eigenvalue weighted by molar-refractivity contribution is 5.89. The number of piperidine rings is 1. The first-order valence-corrected chi connectivity index (χ1v) is 6.75. The smallest absolute Gasteiger partial charge is 0.321 e. The van der Waals surface area contributed by atoms with E-state index in [1.807, 2.05) is 36.0 Å². The van der Waals surface area contributed by atoms with Gasteiger partial charge in [0.15, 0.2) is 0 Å². The molecule has 0 radical (unpaired) electrons. The summed E-state index contributed by atoms with van der Waals surface area (Å²) in [5.74, 6) is 1.47. The van der Waals surface area contributed by atoms with Crippen LogP contribution in [0.4, 0.5) is 16.3 Å². The van der Waals surface area contributed by atoms with Gasteiger partial charge in [0.1, 0.15) is 5.82 Å². The van der Waals surface area contributed by atoms with Gasteiger partial charge < -0.3 is 15.1 Å². The Balaban J connectivity index is 1.94. The topological polar surface area (TPSA) is 48.5 Å². The summed E-state index contributed by atoms with van der Waals surface area (Å²) in [7, 11) is 3.88. The Bertz CT molecular complexity index is 430. The molecule has 2 heterocycles. The molecule has 19 heavy (non-hydrogen) atoms. The molecule has 1 unspecified atom stereocenters. The molecule has 0 aromatic carbocycles. The third-order valence-corrected chi connectivity index (χ3v) is 3.40. The molecule has 1 aliphatic heterocycles. The highest BCUT2D eigenvalue weighted by atomic mass is 16.2. The SMILES string of the molecule is CC1CCCN(C(=O)Nc2ccc(N(C)C)nc2)C1. The first kappa shape index (κ1) is 13.6. The number of aromatic nitrogens is 1. The third kappa shape index (κ3) is 3.59. The van der Waals surface area contributed by atoms with Crippen LogP contribution in [0.5, 0.6) is 0 Å². The molecule has 1 aliphatic rings. The second-order valence-corrected chi connectivity index (χ2v) is 5.42. The predicted octanol–water partition coefficient (Wildman–Crippen LogP) is 2.41. The summed E-state index contributed by atoms with van der Waals surface area (Å²) in [5.41, 5.74) is 0.744. The van der Waals surface area contributed by atoms with Gasteiger partial charge in [0.05, 0.1) is 11.9 Å². The van der Waals surface area contributed by atoms with E-state index >= 15 is 0 Å². The molecule has 5 nitrogen and oxygen atoms in total. The maximum absolute atomic E-state index is 12.1. The van der Waals surface area contributed by atoms with Crippen LogP contribution in [-0.2, 0) is 0 Å². The molecule has 2 amide bonds. The number of pyridine rings is 1. The van der Waals surface area contributed by atoms with E-state index in [2.05, 4.69) is 17.2 Å². The lowest BCUT2D eigenvalue weighted by Crippen LogP contribution is -2.41. The van der Waals surface area contributed by atoms with Crippen LogP contribution in [0, 0.1) is 5.92 Å². The van der Waals surface area contributed by atoms with Crippen LogP contribution < -0.4 is 10.2 Å². The van der Waals surface area contributed by atoms with Crippen molar-refractivity contribution in [3.8, 4) is 0 Å². The fraction of sp³-hybridized carbons (Fsp3) is 0.571. The number of hydrogen-bond acceptors (Lipinski definition) is 3. The summed E-state index contributed by atoms with van der Waals surface area (Å²) in [6, 6.07) is 3.76. The van der Waals surface area contributed by atoms with E-state index in [1.165, 1.54) is 6.42 Å². The minimum absolute atomic E-state index is 0.0223. The fourth-order valence-corrected chi connectivity index (χ4v) is 2.30. The molecular weight excluding hydrogens is 240 g/mol. The minimum Gasteiger partial charge on any atom is -0.363 e. The van der Waals surface area contributed by atoms with Crippen LogP contribution in [0.1, 0.15) is 19.8 Å². The van der Waals surface area contributed by atoms with Crippen molar-refractivity contribution in [1.82, 2.24) is 9.88 Å². The lowest BCUT2D eigenvalue weighted by molar-refractivity contribution is 0.182. The van der Waals surface area contributed by atoms with Gasteiger partial charge in [0.2, 0.25) is 0 Å². The van der Waals surface area contributed by atoms with Crippen molar-refractivity contribution in [3.05, 3.63) is 18.3 Å². The number of nitrogens with one attached hydrogen (secondary N) is 1. The van der Waals surface area contributed by atoms with Crippen molar-refractivity contribution < 1.29 is 4.79 Å². The summed E-state index contributed by atoms with van der Waals surface area (Å²) in [5, 5.41) is 2.90. The van der Waals surface area contributed by atoms with Gasteiger partial charge in [-0.25, -0.2) is 9.78 Å².